The molecule has 2 N–H and O–H groups in total. The normalized spacial score (nSPS) is 12.4. The van der Waals surface area contributed by atoms with E-state index in [0.29, 0.717) is 0 Å². The van der Waals surface area contributed by atoms with E-state index in [-0.39, 0.29) is 0 Å². The number of aliphatic hydroxyl groups excluding tert-OH is 1. The maximum atomic E-state index is 10.6. The third-order valence-corrected chi connectivity index (χ3v) is 4.24. The van der Waals surface area contributed by atoms with Crippen LogP contribution in [0.4, 0.5) is 0 Å². The second kappa shape index (κ2) is 5.91. The number of hydrogen-bond donors (Lipinski definition) is 2. The van der Waals surface area contributed by atoms with Crippen LogP contribution >= 0.6 is 0 Å². The number of aliphatic hydroxyl groups is 1. The second-order valence-corrected chi connectivity index (χ2v) is 5.99. The number of benzene rings is 2. The minimum absolute atomic E-state index is 0.685. The summed E-state index contributed by atoms with van der Waals surface area (Å²) in [6.45, 7) is 2.03. The summed E-state index contributed by atoms with van der Waals surface area (Å²) < 4.78 is 0. The summed E-state index contributed by atoms with van der Waals surface area (Å²) >= 11 is 0. The number of nitrogens with zero attached hydrogens (tertiary/aromatic N) is 2. The predicted octanol–water partition coefficient (Wildman–Crippen LogP) is 4.02. The van der Waals surface area contributed by atoms with Crippen molar-refractivity contribution < 1.29 is 5.11 Å². The lowest BCUT2D eigenvalue weighted by Gasteiger charge is -2.13. The quantitative estimate of drug-likeness (QED) is 0.600. The molecule has 0 amide bonds. The van der Waals surface area contributed by atoms with Crippen molar-refractivity contribution in [2.75, 3.05) is 0 Å². The van der Waals surface area contributed by atoms with Gasteiger partial charge in [-0.2, -0.15) is 5.10 Å². The van der Waals surface area contributed by atoms with E-state index in [4.69, 9.17) is 0 Å². The molecule has 4 heteroatoms. The van der Waals surface area contributed by atoms with Crippen molar-refractivity contribution in [3.05, 3.63) is 83.8 Å². The number of aromatic nitrogens is 3. The van der Waals surface area contributed by atoms with Gasteiger partial charge in [-0.25, -0.2) is 0 Å². The van der Waals surface area contributed by atoms with Crippen molar-refractivity contribution in [2.45, 2.75) is 13.0 Å². The van der Waals surface area contributed by atoms with Gasteiger partial charge in [0, 0.05) is 28.9 Å². The Labute approximate surface area is 139 Å². The second-order valence-electron chi connectivity index (χ2n) is 5.99. The summed E-state index contributed by atoms with van der Waals surface area (Å²) in [6.07, 6.45) is 4.64. The van der Waals surface area contributed by atoms with E-state index in [0.717, 1.165) is 33.2 Å². The van der Waals surface area contributed by atoms with Gasteiger partial charge in [-0.15, -0.1) is 0 Å². The minimum Gasteiger partial charge on any atom is -0.384 e. The molecule has 0 bridgehead atoms. The molecular formula is C20H17N3O. The van der Waals surface area contributed by atoms with Crippen LogP contribution < -0.4 is 0 Å². The highest BCUT2D eigenvalue weighted by molar-refractivity contribution is 5.83. The monoisotopic (exact) mass is 315 g/mol. The Kier molecular flexibility index (Phi) is 3.59. The van der Waals surface area contributed by atoms with Crippen LogP contribution in [0, 0.1) is 6.92 Å². The van der Waals surface area contributed by atoms with Gasteiger partial charge in [-0.1, -0.05) is 35.9 Å². The lowest BCUT2D eigenvalue weighted by atomic mass is 9.98. The number of nitrogens with one attached hydrogen (secondary N) is 1. The summed E-state index contributed by atoms with van der Waals surface area (Å²) in [4.78, 5) is 4.31. The molecule has 2 heterocycles. The highest BCUT2D eigenvalue weighted by Crippen LogP contribution is 2.27. The fourth-order valence-electron chi connectivity index (χ4n) is 2.83. The van der Waals surface area contributed by atoms with Gasteiger partial charge in [0.2, 0.25) is 0 Å². The Bertz CT molecular complexity index is 989. The van der Waals surface area contributed by atoms with Crippen LogP contribution in [0.1, 0.15) is 22.8 Å². The summed E-state index contributed by atoms with van der Waals surface area (Å²) in [6, 6.07) is 16.0. The first-order chi connectivity index (χ1) is 11.7. The molecule has 0 radical (unpaired) electrons. The first-order valence-corrected chi connectivity index (χ1v) is 7.84. The summed E-state index contributed by atoms with van der Waals surface area (Å²) in [5.41, 5.74) is 5.85. The Balaban J connectivity index is 1.71. The Morgan fingerprint density at radius 3 is 2.54 bits per heavy atom. The Morgan fingerprint density at radius 1 is 0.875 bits per heavy atom. The third-order valence-electron chi connectivity index (χ3n) is 4.24. The SMILES string of the molecule is Cc1ccc(C(O)c2cncc(-c3ccc4[nH]ncc4c3)c2)cc1. The van der Waals surface area contributed by atoms with Gasteiger partial charge in [0.25, 0.3) is 0 Å². The largest absolute Gasteiger partial charge is 0.384 e. The zero-order valence-corrected chi connectivity index (χ0v) is 13.3. The van der Waals surface area contributed by atoms with Gasteiger partial charge in [-0.05, 0) is 36.2 Å². The van der Waals surface area contributed by atoms with Crippen molar-refractivity contribution in [1.82, 2.24) is 15.2 Å². The van der Waals surface area contributed by atoms with E-state index in [1.54, 1.807) is 12.4 Å². The van der Waals surface area contributed by atoms with E-state index in [1.807, 2.05) is 55.6 Å². The molecule has 4 rings (SSSR count). The van der Waals surface area contributed by atoms with Crippen LogP contribution in [-0.4, -0.2) is 20.3 Å². The number of hydrogen-bond acceptors (Lipinski definition) is 3. The van der Waals surface area contributed by atoms with Gasteiger partial charge in [0.1, 0.15) is 6.10 Å². The topological polar surface area (TPSA) is 61.8 Å². The van der Waals surface area contributed by atoms with Crippen LogP contribution in [0.15, 0.2) is 67.1 Å². The molecule has 4 nitrogen and oxygen atoms in total. The van der Waals surface area contributed by atoms with Crippen LogP contribution in [0.3, 0.4) is 0 Å². The molecule has 1 atom stereocenters. The number of fused-ring (bicyclic) bond motifs is 1. The molecule has 4 aromatic rings. The Hall–Kier alpha value is -2.98. The molecule has 1 unspecified atom stereocenters. The molecule has 24 heavy (non-hydrogen) atoms. The summed E-state index contributed by atoms with van der Waals surface area (Å²) in [5, 5.41) is 18.7. The van der Waals surface area contributed by atoms with Crippen LogP contribution in [-0.2, 0) is 0 Å². The van der Waals surface area contributed by atoms with Gasteiger partial charge in [0.05, 0.1) is 11.7 Å². The van der Waals surface area contributed by atoms with Crippen molar-refractivity contribution in [3.8, 4) is 11.1 Å². The zero-order valence-electron chi connectivity index (χ0n) is 13.3. The van der Waals surface area contributed by atoms with E-state index < -0.39 is 6.10 Å². The molecule has 118 valence electrons. The maximum Gasteiger partial charge on any atom is 0.106 e. The maximum absolute atomic E-state index is 10.6. The fourth-order valence-corrected chi connectivity index (χ4v) is 2.83. The van der Waals surface area contributed by atoms with Crippen LogP contribution in [0.2, 0.25) is 0 Å². The Morgan fingerprint density at radius 2 is 1.71 bits per heavy atom. The molecular weight excluding hydrogens is 298 g/mol. The number of rotatable bonds is 3. The third kappa shape index (κ3) is 2.68. The average molecular weight is 315 g/mol. The molecule has 0 spiro atoms. The molecule has 0 saturated carbocycles. The van der Waals surface area contributed by atoms with Gasteiger partial charge in [0.15, 0.2) is 0 Å². The van der Waals surface area contributed by atoms with Crippen molar-refractivity contribution in [1.29, 1.82) is 0 Å². The molecule has 0 fully saturated rings. The zero-order chi connectivity index (χ0) is 16.5. The van der Waals surface area contributed by atoms with Crippen molar-refractivity contribution >= 4 is 10.9 Å². The smallest absolute Gasteiger partial charge is 0.106 e. The van der Waals surface area contributed by atoms with Gasteiger partial charge >= 0.3 is 0 Å². The summed E-state index contributed by atoms with van der Waals surface area (Å²) in [5.74, 6) is 0. The predicted molar refractivity (Wildman–Crippen MR) is 94.6 cm³/mol. The van der Waals surface area contributed by atoms with Gasteiger partial charge in [-0.3, -0.25) is 10.1 Å². The number of H-pyrrole nitrogens is 1. The van der Waals surface area contributed by atoms with E-state index in [9.17, 15) is 5.11 Å². The lowest BCUT2D eigenvalue weighted by molar-refractivity contribution is 0.220. The van der Waals surface area contributed by atoms with Crippen molar-refractivity contribution in [3.63, 3.8) is 0 Å². The summed E-state index contributed by atoms with van der Waals surface area (Å²) in [7, 11) is 0. The molecule has 0 aliphatic heterocycles. The standard InChI is InChI=1S/C20H17N3O/c1-13-2-4-14(5-3-13)20(24)18-9-16(10-21-11-18)15-6-7-19-17(8-15)12-22-23-19/h2-12,20,24H,1H3,(H,22,23). The van der Waals surface area contributed by atoms with E-state index >= 15 is 0 Å². The van der Waals surface area contributed by atoms with E-state index in [1.165, 1.54) is 5.56 Å². The van der Waals surface area contributed by atoms with E-state index in [2.05, 4.69) is 21.2 Å². The lowest BCUT2D eigenvalue weighted by Crippen LogP contribution is -2.00. The number of aromatic amines is 1. The number of aryl methyl sites for hydroxylation is 1. The minimum atomic E-state index is -0.685. The molecule has 2 aromatic carbocycles. The highest BCUT2D eigenvalue weighted by atomic mass is 16.3. The molecule has 0 aliphatic rings. The fraction of sp³-hybridized carbons (Fsp3) is 0.100. The first-order valence-electron chi connectivity index (χ1n) is 7.84. The molecule has 0 saturated heterocycles. The van der Waals surface area contributed by atoms with Crippen LogP contribution in [0.5, 0.6) is 0 Å². The molecule has 2 aromatic heterocycles. The number of pyridine rings is 1. The van der Waals surface area contributed by atoms with Gasteiger partial charge < -0.3 is 5.11 Å². The average Bonchev–Trinajstić information content (AvgIpc) is 3.09. The highest BCUT2D eigenvalue weighted by Gasteiger charge is 2.12. The molecule has 0 aliphatic carbocycles. The van der Waals surface area contributed by atoms with Crippen molar-refractivity contribution in [2.24, 2.45) is 0 Å². The first kappa shape index (κ1) is 14.6. The van der Waals surface area contributed by atoms with Crippen LogP contribution in [0.25, 0.3) is 22.0 Å².